The van der Waals surface area contributed by atoms with E-state index >= 15 is 0 Å². The van der Waals surface area contributed by atoms with Crippen LogP contribution in [-0.2, 0) is 4.74 Å². The lowest BCUT2D eigenvalue weighted by Crippen LogP contribution is -2.22. The number of ether oxygens (including phenoxy) is 1. The van der Waals surface area contributed by atoms with Gasteiger partial charge in [-0.25, -0.2) is 0 Å². The second-order valence-electron chi connectivity index (χ2n) is 4.73. The van der Waals surface area contributed by atoms with Crippen molar-refractivity contribution in [1.82, 2.24) is 9.78 Å². The molecular weight excluding hydrogens is 222 g/mol. The molecule has 3 rings (SSSR count). The normalized spacial score (nSPS) is 21.6. The first-order valence-corrected chi connectivity index (χ1v) is 6.07. The van der Waals surface area contributed by atoms with E-state index in [-0.39, 0.29) is 16.7 Å². The Labute approximate surface area is 98.7 Å². The van der Waals surface area contributed by atoms with Crippen LogP contribution in [0.4, 0.5) is 5.69 Å². The first kappa shape index (κ1) is 10.7. The minimum atomic E-state index is -0.309. The highest BCUT2D eigenvalue weighted by atomic mass is 16.6. The molecule has 2 aliphatic rings. The summed E-state index contributed by atoms with van der Waals surface area (Å²) in [5.74, 6) is 0.348. The zero-order chi connectivity index (χ0) is 11.8. The number of rotatable bonds is 3. The minimum absolute atomic E-state index is 0.194. The molecule has 2 fully saturated rings. The summed E-state index contributed by atoms with van der Waals surface area (Å²) in [5.41, 5.74) is 1.03. The largest absolute Gasteiger partial charge is 0.381 e. The Kier molecular flexibility index (Phi) is 2.58. The van der Waals surface area contributed by atoms with E-state index in [0.717, 1.165) is 44.6 Å². The highest BCUT2D eigenvalue weighted by Crippen LogP contribution is 2.45. The second-order valence-corrected chi connectivity index (χ2v) is 4.73. The average Bonchev–Trinajstić information content (AvgIpc) is 3.08. The lowest BCUT2D eigenvalue weighted by molar-refractivity contribution is -0.385. The van der Waals surface area contributed by atoms with Gasteiger partial charge in [-0.05, 0) is 25.7 Å². The van der Waals surface area contributed by atoms with Crippen molar-refractivity contribution < 1.29 is 9.66 Å². The highest BCUT2D eigenvalue weighted by molar-refractivity contribution is 5.38. The molecule has 6 heteroatoms. The Morgan fingerprint density at radius 2 is 2.06 bits per heavy atom. The van der Waals surface area contributed by atoms with E-state index in [0.29, 0.717) is 5.92 Å². The maximum Gasteiger partial charge on any atom is 0.310 e. The Morgan fingerprint density at radius 1 is 1.35 bits per heavy atom. The van der Waals surface area contributed by atoms with E-state index in [2.05, 4.69) is 5.10 Å². The lowest BCUT2D eigenvalue weighted by atomic mass is 10.1. The van der Waals surface area contributed by atoms with Crippen LogP contribution in [0.5, 0.6) is 0 Å². The van der Waals surface area contributed by atoms with Crippen LogP contribution in [0.2, 0.25) is 0 Å². The quantitative estimate of drug-likeness (QED) is 0.595. The van der Waals surface area contributed by atoms with Gasteiger partial charge >= 0.3 is 5.69 Å². The van der Waals surface area contributed by atoms with Gasteiger partial charge in [-0.2, -0.15) is 5.10 Å². The van der Waals surface area contributed by atoms with E-state index in [4.69, 9.17) is 4.74 Å². The molecule has 1 saturated heterocycles. The van der Waals surface area contributed by atoms with E-state index in [1.807, 2.05) is 4.68 Å². The maximum absolute atomic E-state index is 11.0. The standard InChI is InChI=1S/C11H15N3O3/c15-14(16)10-7-12-13(11(10)8-1-2-8)9-3-5-17-6-4-9/h7-9H,1-6H2. The fourth-order valence-electron chi connectivity index (χ4n) is 2.48. The zero-order valence-corrected chi connectivity index (χ0v) is 9.54. The molecule has 92 valence electrons. The maximum atomic E-state index is 11.0. The van der Waals surface area contributed by atoms with Gasteiger partial charge in [0.15, 0.2) is 0 Å². The summed E-state index contributed by atoms with van der Waals surface area (Å²) in [6.07, 6.45) is 5.31. The molecule has 2 heterocycles. The van der Waals surface area contributed by atoms with Crippen LogP contribution in [0.3, 0.4) is 0 Å². The predicted octanol–water partition coefficient (Wildman–Crippen LogP) is 2.02. The van der Waals surface area contributed by atoms with Crippen molar-refractivity contribution in [3.63, 3.8) is 0 Å². The Balaban J connectivity index is 1.95. The van der Waals surface area contributed by atoms with Gasteiger partial charge in [-0.15, -0.1) is 0 Å². The van der Waals surface area contributed by atoms with Crippen LogP contribution in [0.15, 0.2) is 6.20 Å². The van der Waals surface area contributed by atoms with E-state index in [1.54, 1.807) is 0 Å². The minimum Gasteiger partial charge on any atom is -0.381 e. The number of aromatic nitrogens is 2. The number of hydrogen-bond donors (Lipinski definition) is 0. The predicted molar refractivity (Wildman–Crippen MR) is 59.9 cm³/mol. The lowest BCUT2D eigenvalue weighted by Gasteiger charge is -2.23. The van der Waals surface area contributed by atoms with Crippen molar-refractivity contribution in [2.24, 2.45) is 0 Å². The van der Waals surface area contributed by atoms with Crippen molar-refractivity contribution in [3.8, 4) is 0 Å². The van der Waals surface area contributed by atoms with Crippen molar-refractivity contribution in [2.45, 2.75) is 37.6 Å². The molecule has 0 N–H and O–H groups in total. The summed E-state index contributed by atoms with van der Waals surface area (Å²) in [5, 5.41) is 15.2. The van der Waals surface area contributed by atoms with Gasteiger partial charge in [0.05, 0.1) is 11.0 Å². The Hall–Kier alpha value is -1.43. The molecule has 1 aromatic rings. The van der Waals surface area contributed by atoms with Gasteiger partial charge in [-0.1, -0.05) is 0 Å². The average molecular weight is 237 g/mol. The molecule has 6 nitrogen and oxygen atoms in total. The second kappa shape index (κ2) is 4.10. The summed E-state index contributed by atoms with van der Waals surface area (Å²) >= 11 is 0. The van der Waals surface area contributed by atoms with Crippen molar-refractivity contribution in [2.75, 3.05) is 13.2 Å². The fourth-order valence-corrected chi connectivity index (χ4v) is 2.48. The fraction of sp³-hybridized carbons (Fsp3) is 0.727. The topological polar surface area (TPSA) is 70.2 Å². The summed E-state index contributed by atoms with van der Waals surface area (Å²) in [7, 11) is 0. The molecule has 1 aliphatic carbocycles. The Morgan fingerprint density at radius 3 is 2.65 bits per heavy atom. The molecule has 0 unspecified atom stereocenters. The number of hydrogen-bond acceptors (Lipinski definition) is 4. The van der Waals surface area contributed by atoms with E-state index in [1.165, 1.54) is 6.20 Å². The van der Waals surface area contributed by atoms with Gasteiger partial charge in [0.1, 0.15) is 11.9 Å². The highest BCUT2D eigenvalue weighted by Gasteiger charge is 2.37. The van der Waals surface area contributed by atoms with Crippen molar-refractivity contribution in [1.29, 1.82) is 0 Å². The van der Waals surface area contributed by atoms with Crippen molar-refractivity contribution >= 4 is 5.69 Å². The third-order valence-electron chi connectivity index (χ3n) is 3.51. The van der Waals surface area contributed by atoms with E-state index < -0.39 is 0 Å². The van der Waals surface area contributed by atoms with Crippen LogP contribution in [0.25, 0.3) is 0 Å². The molecule has 17 heavy (non-hydrogen) atoms. The molecule has 0 spiro atoms. The van der Waals surface area contributed by atoms with Gasteiger partial charge in [0.2, 0.25) is 0 Å². The summed E-state index contributed by atoms with van der Waals surface area (Å²) in [6, 6.07) is 0.271. The van der Waals surface area contributed by atoms with Crippen molar-refractivity contribution in [3.05, 3.63) is 22.0 Å². The van der Waals surface area contributed by atoms with Crippen LogP contribution < -0.4 is 0 Å². The molecule has 1 aliphatic heterocycles. The molecular formula is C11H15N3O3. The zero-order valence-electron chi connectivity index (χ0n) is 9.54. The van der Waals surface area contributed by atoms with Crippen LogP contribution in [0.1, 0.15) is 43.3 Å². The summed E-state index contributed by atoms with van der Waals surface area (Å²) in [4.78, 5) is 10.7. The van der Waals surface area contributed by atoms with Gasteiger partial charge in [0, 0.05) is 19.1 Å². The molecule has 0 radical (unpaired) electrons. The number of nitro groups is 1. The molecule has 1 aromatic heterocycles. The first-order valence-electron chi connectivity index (χ1n) is 6.07. The molecule has 0 amide bonds. The van der Waals surface area contributed by atoms with E-state index in [9.17, 15) is 10.1 Å². The molecule has 0 aromatic carbocycles. The smallest absolute Gasteiger partial charge is 0.310 e. The third kappa shape index (κ3) is 1.93. The molecule has 0 bridgehead atoms. The van der Waals surface area contributed by atoms with Gasteiger partial charge < -0.3 is 4.74 Å². The van der Waals surface area contributed by atoms with Crippen LogP contribution in [-0.4, -0.2) is 27.9 Å². The third-order valence-corrected chi connectivity index (χ3v) is 3.51. The summed E-state index contributed by atoms with van der Waals surface area (Å²) in [6.45, 7) is 1.45. The first-order chi connectivity index (χ1) is 8.27. The van der Waals surface area contributed by atoms with Gasteiger partial charge in [0.25, 0.3) is 0 Å². The monoisotopic (exact) mass is 237 g/mol. The van der Waals surface area contributed by atoms with Crippen LogP contribution in [0, 0.1) is 10.1 Å². The SMILES string of the molecule is O=[N+]([O-])c1cnn(C2CCOCC2)c1C1CC1. The Bertz CT molecular complexity index is 433. The van der Waals surface area contributed by atoms with Crippen LogP contribution >= 0.6 is 0 Å². The number of nitrogens with zero attached hydrogens (tertiary/aromatic N) is 3. The van der Waals surface area contributed by atoms with Gasteiger partial charge in [-0.3, -0.25) is 14.8 Å². The summed E-state index contributed by atoms with van der Waals surface area (Å²) < 4.78 is 7.20. The molecule has 0 atom stereocenters. The molecule has 1 saturated carbocycles.